The number of aromatic nitrogens is 1. The molecule has 1 fully saturated rings. The van der Waals surface area contributed by atoms with Crippen LogP contribution in [-0.4, -0.2) is 64.0 Å². The van der Waals surface area contributed by atoms with Crippen LogP contribution in [-0.2, 0) is 4.74 Å². The Morgan fingerprint density at radius 3 is 2.79 bits per heavy atom. The Bertz CT molecular complexity index is 755. The van der Waals surface area contributed by atoms with Crippen molar-refractivity contribution in [1.29, 1.82) is 0 Å². The molecule has 1 aliphatic rings. The van der Waals surface area contributed by atoms with Crippen molar-refractivity contribution in [1.82, 2.24) is 9.88 Å². The molecule has 2 aromatic rings. The van der Waals surface area contributed by atoms with Crippen LogP contribution in [0.5, 0.6) is 0 Å². The van der Waals surface area contributed by atoms with Crippen LogP contribution < -0.4 is 0 Å². The van der Waals surface area contributed by atoms with Gasteiger partial charge in [0.05, 0.1) is 19.3 Å². The number of nitrogens with one attached hydrogen (secondary N) is 1. The lowest BCUT2D eigenvalue weighted by Crippen LogP contribution is -2.57. The summed E-state index contributed by atoms with van der Waals surface area (Å²) in [5.41, 5.74) is 3.78. The maximum atomic E-state index is 13.0. The van der Waals surface area contributed by atoms with E-state index >= 15 is 0 Å². The van der Waals surface area contributed by atoms with Crippen LogP contribution in [0.3, 0.4) is 0 Å². The third-order valence-corrected chi connectivity index (χ3v) is 4.92. The third-order valence-electron chi connectivity index (χ3n) is 4.92. The first kappa shape index (κ1) is 17.0. The Balaban J connectivity index is 1.92. The van der Waals surface area contributed by atoms with E-state index in [0.29, 0.717) is 12.1 Å². The predicted octanol–water partition coefficient (Wildman–Crippen LogP) is 1.37. The zero-order valence-corrected chi connectivity index (χ0v) is 14.2. The first-order valence-electron chi connectivity index (χ1n) is 8.27. The molecule has 0 spiro atoms. The van der Waals surface area contributed by atoms with Gasteiger partial charge in [0.15, 0.2) is 0 Å². The smallest absolute Gasteiger partial charge is 0.254 e. The van der Waals surface area contributed by atoms with Gasteiger partial charge in [-0.25, -0.2) is 0 Å². The van der Waals surface area contributed by atoms with Crippen molar-refractivity contribution in [3.05, 3.63) is 35.0 Å². The Morgan fingerprint density at radius 1 is 1.33 bits per heavy atom. The Hall–Kier alpha value is -1.89. The molecule has 0 saturated carbocycles. The normalized spacial score (nSPS) is 24.3. The van der Waals surface area contributed by atoms with Gasteiger partial charge in [0, 0.05) is 28.7 Å². The summed E-state index contributed by atoms with van der Waals surface area (Å²) >= 11 is 0. The van der Waals surface area contributed by atoms with Crippen LogP contribution in [0.25, 0.3) is 10.9 Å². The second kappa shape index (κ2) is 6.55. The van der Waals surface area contributed by atoms with E-state index in [-0.39, 0.29) is 19.1 Å². The number of hydrogen-bond donors (Lipinski definition) is 3. The van der Waals surface area contributed by atoms with Gasteiger partial charge in [-0.2, -0.15) is 0 Å². The van der Waals surface area contributed by atoms with E-state index in [0.717, 1.165) is 22.2 Å². The van der Waals surface area contributed by atoms with Gasteiger partial charge in [-0.05, 0) is 44.5 Å². The van der Waals surface area contributed by atoms with E-state index in [1.807, 2.05) is 32.9 Å². The van der Waals surface area contributed by atoms with E-state index in [2.05, 4.69) is 4.98 Å². The molecular formula is C18H24N2O4. The Morgan fingerprint density at radius 2 is 2.08 bits per heavy atom. The Kier molecular flexibility index (Phi) is 4.62. The van der Waals surface area contributed by atoms with Gasteiger partial charge in [-0.1, -0.05) is 0 Å². The number of likely N-dealkylation sites (N-methyl/N-ethyl adjacent to an activating group) is 1. The molecule has 1 aromatic heterocycles. The summed E-state index contributed by atoms with van der Waals surface area (Å²) in [5, 5.41) is 21.1. The highest BCUT2D eigenvalue weighted by atomic mass is 16.5. The molecule has 1 amide bonds. The standard InChI is InChI=1S/C18H24N2O4/c1-4-20(15-8-24-9-16(21)17(15)22)18(23)12-5-6-14-13(7-12)10(2)11(3)19-14/h5-7,15-17,19,21-22H,4,8-9H2,1-3H3/t15-,16-,17+/m1/s1. The van der Waals surface area contributed by atoms with Crippen LogP contribution in [0, 0.1) is 13.8 Å². The molecule has 0 unspecified atom stereocenters. The molecule has 1 aliphatic heterocycles. The average molecular weight is 332 g/mol. The van der Waals surface area contributed by atoms with Gasteiger partial charge in [-0.15, -0.1) is 0 Å². The molecule has 2 heterocycles. The summed E-state index contributed by atoms with van der Waals surface area (Å²) in [7, 11) is 0. The first-order chi connectivity index (χ1) is 11.4. The number of benzene rings is 1. The molecule has 3 N–H and O–H groups in total. The molecule has 0 radical (unpaired) electrons. The molecule has 0 bridgehead atoms. The van der Waals surface area contributed by atoms with Crippen LogP contribution in [0.15, 0.2) is 18.2 Å². The third kappa shape index (κ3) is 2.81. The first-order valence-corrected chi connectivity index (χ1v) is 8.27. The molecule has 3 rings (SSSR count). The second-order valence-corrected chi connectivity index (χ2v) is 6.39. The lowest BCUT2D eigenvalue weighted by atomic mass is 10.0. The highest BCUT2D eigenvalue weighted by Crippen LogP contribution is 2.24. The molecule has 24 heavy (non-hydrogen) atoms. The fourth-order valence-electron chi connectivity index (χ4n) is 3.33. The number of aryl methyl sites for hydroxylation is 2. The lowest BCUT2D eigenvalue weighted by Gasteiger charge is -2.39. The molecule has 1 aromatic carbocycles. The zero-order chi connectivity index (χ0) is 17.4. The fourth-order valence-corrected chi connectivity index (χ4v) is 3.33. The van der Waals surface area contributed by atoms with Crippen LogP contribution in [0.2, 0.25) is 0 Å². The van der Waals surface area contributed by atoms with Gasteiger partial charge in [-0.3, -0.25) is 4.79 Å². The zero-order valence-electron chi connectivity index (χ0n) is 14.2. The van der Waals surface area contributed by atoms with Crippen LogP contribution in [0.4, 0.5) is 0 Å². The number of amides is 1. The summed E-state index contributed by atoms with van der Waals surface area (Å²) in [6.07, 6.45) is -1.97. The number of hydrogen-bond acceptors (Lipinski definition) is 4. The van der Waals surface area contributed by atoms with Crippen molar-refractivity contribution in [3.63, 3.8) is 0 Å². The molecule has 1 saturated heterocycles. The van der Waals surface area contributed by atoms with E-state index < -0.39 is 18.2 Å². The van der Waals surface area contributed by atoms with Crippen molar-refractivity contribution in [3.8, 4) is 0 Å². The number of fused-ring (bicyclic) bond motifs is 1. The molecule has 0 aliphatic carbocycles. The molecule has 6 nitrogen and oxygen atoms in total. The number of rotatable bonds is 3. The molecule has 130 valence electrons. The quantitative estimate of drug-likeness (QED) is 0.792. The highest BCUT2D eigenvalue weighted by molar-refractivity contribution is 5.99. The van der Waals surface area contributed by atoms with Crippen molar-refractivity contribution in [2.75, 3.05) is 19.8 Å². The topological polar surface area (TPSA) is 85.8 Å². The predicted molar refractivity (Wildman–Crippen MR) is 91.1 cm³/mol. The van der Waals surface area contributed by atoms with E-state index in [9.17, 15) is 15.0 Å². The minimum atomic E-state index is -0.998. The monoisotopic (exact) mass is 332 g/mol. The van der Waals surface area contributed by atoms with E-state index in [1.54, 1.807) is 11.0 Å². The van der Waals surface area contributed by atoms with Crippen molar-refractivity contribution in [2.24, 2.45) is 0 Å². The van der Waals surface area contributed by atoms with Gasteiger partial charge >= 0.3 is 0 Å². The number of aromatic amines is 1. The van der Waals surface area contributed by atoms with Crippen LogP contribution in [0.1, 0.15) is 28.5 Å². The average Bonchev–Trinajstić information content (AvgIpc) is 2.86. The number of aliphatic hydroxyl groups excluding tert-OH is 2. The SMILES string of the molecule is CCN(C(=O)c1ccc2[nH]c(C)c(C)c2c1)[C@@H]1COC[C@@H](O)[C@H]1O. The van der Waals surface area contributed by atoms with Gasteiger partial charge < -0.3 is 24.8 Å². The largest absolute Gasteiger partial charge is 0.388 e. The molecular weight excluding hydrogens is 308 g/mol. The number of aliphatic hydroxyl groups is 2. The summed E-state index contributed by atoms with van der Waals surface area (Å²) in [4.78, 5) is 17.8. The summed E-state index contributed by atoms with van der Waals surface area (Å²) in [5.74, 6) is -0.167. The maximum Gasteiger partial charge on any atom is 0.254 e. The summed E-state index contributed by atoms with van der Waals surface area (Å²) in [6.45, 7) is 6.64. The maximum absolute atomic E-state index is 13.0. The number of ether oxygens (including phenoxy) is 1. The van der Waals surface area contributed by atoms with Crippen molar-refractivity contribution in [2.45, 2.75) is 39.0 Å². The molecule has 6 heteroatoms. The fraction of sp³-hybridized carbons (Fsp3) is 0.500. The summed E-state index contributed by atoms with van der Waals surface area (Å²) in [6, 6.07) is 5.02. The minimum Gasteiger partial charge on any atom is -0.388 e. The van der Waals surface area contributed by atoms with Gasteiger partial charge in [0.1, 0.15) is 12.2 Å². The van der Waals surface area contributed by atoms with Crippen molar-refractivity contribution >= 4 is 16.8 Å². The van der Waals surface area contributed by atoms with Gasteiger partial charge in [0.2, 0.25) is 0 Å². The van der Waals surface area contributed by atoms with E-state index in [1.165, 1.54) is 0 Å². The van der Waals surface area contributed by atoms with Crippen molar-refractivity contribution < 1.29 is 19.7 Å². The Labute approximate surface area is 141 Å². The lowest BCUT2D eigenvalue weighted by molar-refractivity contribution is -0.125. The number of carbonyl (C=O) groups excluding carboxylic acids is 1. The van der Waals surface area contributed by atoms with E-state index in [4.69, 9.17) is 4.74 Å². The minimum absolute atomic E-state index is 0.0944. The van der Waals surface area contributed by atoms with Gasteiger partial charge in [0.25, 0.3) is 5.91 Å². The summed E-state index contributed by atoms with van der Waals surface area (Å²) < 4.78 is 5.32. The number of H-pyrrole nitrogens is 1. The number of nitrogens with zero attached hydrogens (tertiary/aromatic N) is 1. The van der Waals surface area contributed by atoms with Crippen LogP contribution >= 0.6 is 0 Å². The second-order valence-electron chi connectivity index (χ2n) is 6.39. The molecule has 3 atom stereocenters. The highest BCUT2D eigenvalue weighted by Gasteiger charge is 2.37. The number of carbonyl (C=O) groups is 1.